The first-order valence-electron chi connectivity index (χ1n) is 6.54. The van der Waals surface area contributed by atoms with Gasteiger partial charge in [-0.25, -0.2) is 4.98 Å². The summed E-state index contributed by atoms with van der Waals surface area (Å²) < 4.78 is 10.7. The topological polar surface area (TPSA) is 61.0 Å². The maximum Gasteiger partial charge on any atom is 0.269 e. The molecule has 19 heavy (non-hydrogen) atoms. The summed E-state index contributed by atoms with van der Waals surface area (Å²) in [6.45, 7) is 7.73. The summed E-state index contributed by atoms with van der Waals surface area (Å²) >= 11 is 1.64. The van der Waals surface area contributed by atoms with E-state index < -0.39 is 0 Å². The monoisotopic (exact) mass is 279 g/mol. The van der Waals surface area contributed by atoms with Crippen LogP contribution in [0.5, 0.6) is 0 Å². The molecule has 0 unspecified atom stereocenters. The molecule has 5 nitrogen and oxygen atoms in total. The number of aryl methyl sites for hydroxylation is 1. The highest BCUT2D eigenvalue weighted by molar-refractivity contribution is 7.15. The molecule has 0 amide bonds. The minimum absolute atomic E-state index is 0.273. The van der Waals surface area contributed by atoms with Crippen LogP contribution in [0.2, 0.25) is 0 Å². The van der Waals surface area contributed by atoms with Gasteiger partial charge in [0.25, 0.3) is 5.89 Å². The van der Waals surface area contributed by atoms with Crippen LogP contribution in [0.25, 0.3) is 10.8 Å². The van der Waals surface area contributed by atoms with E-state index in [4.69, 9.17) is 9.26 Å². The number of thiazole rings is 1. The Bertz CT molecular complexity index is 570. The van der Waals surface area contributed by atoms with Gasteiger partial charge in [-0.1, -0.05) is 19.0 Å². The van der Waals surface area contributed by atoms with E-state index in [0.29, 0.717) is 18.4 Å². The maximum atomic E-state index is 5.39. The third kappa shape index (κ3) is 2.42. The van der Waals surface area contributed by atoms with E-state index >= 15 is 0 Å². The Labute approximate surface area is 116 Å². The van der Waals surface area contributed by atoms with E-state index in [9.17, 15) is 0 Å². The molecule has 1 fully saturated rings. The third-order valence-corrected chi connectivity index (χ3v) is 4.68. The molecule has 1 atom stereocenters. The smallest absolute Gasteiger partial charge is 0.269 e. The van der Waals surface area contributed by atoms with Crippen LogP contribution in [0, 0.1) is 6.92 Å². The lowest BCUT2D eigenvalue weighted by atomic mass is 10.1. The molecule has 0 radical (unpaired) electrons. The van der Waals surface area contributed by atoms with Crippen molar-refractivity contribution in [1.82, 2.24) is 15.1 Å². The van der Waals surface area contributed by atoms with E-state index in [1.807, 2.05) is 6.92 Å². The van der Waals surface area contributed by atoms with E-state index in [0.717, 1.165) is 34.4 Å². The van der Waals surface area contributed by atoms with Crippen LogP contribution in [-0.4, -0.2) is 28.3 Å². The van der Waals surface area contributed by atoms with Crippen LogP contribution in [0.3, 0.4) is 0 Å². The van der Waals surface area contributed by atoms with Gasteiger partial charge in [0.15, 0.2) is 5.82 Å². The van der Waals surface area contributed by atoms with Gasteiger partial charge < -0.3 is 9.26 Å². The van der Waals surface area contributed by atoms with Gasteiger partial charge in [-0.05, 0) is 13.3 Å². The molecule has 0 N–H and O–H groups in total. The fourth-order valence-corrected chi connectivity index (χ4v) is 3.08. The highest BCUT2D eigenvalue weighted by Gasteiger charge is 2.25. The largest absolute Gasteiger partial charge is 0.381 e. The average Bonchev–Trinajstić information content (AvgIpc) is 3.07. The molecule has 3 heterocycles. The quantitative estimate of drug-likeness (QED) is 0.863. The molecular formula is C13H17N3O2S. The van der Waals surface area contributed by atoms with Crippen LogP contribution < -0.4 is 0 Å². The normalized spacial score (nSPS) is 19.5. The van der Waals surface area contributed by atoms with Crippen molar-refractivity contribution < 1.29 is 9.26 Å². The summed E-state index contributed by atoms with van der Waals surface area (Å²) in [5.74, 6) is 2.04. The lowest BCUT2D eigenvalue weighted by Gasteiger charge is -1.97. The molecule has 1 saturated heterocycles. The minimum atomic E-state index is 0.273. The number of aromatic nitrogens is 3. The molecule has 1 aliphatic rings. The summed E-state index contributed by atoms with van der Waals surface area (Å²) in [4.78, 5) is 10.1. The van der Waals surface area contributed by atoms with Crippen LogP contribution in [0.1, 0.15) is 48.6 Å². The number of hydrogen-bond acceptors (Lipinski definition) is 6. The fourth-order valence-electron chi connectivity index (χ4n) is 2.09. The first-order valence-corrected chi connectivity index (χ1v) is 7.36. The van der Waals surface area contributed by atoms with Crippen molar-refractivity contribution in [3.05, 3.63) is 16.5 Å². The average molecular weight is 279 g/mol. The molecule has 6 heteroatoms. The molecule has 0 bridgehead atoms. The first-order chi connectivity index (χ1) is 9.15. The van der Waals surface area contributed by atoms with Crippen LogP contribution in [0.15, 0.2) is 4.52 Å². The molecule has 2 aromatic heterocycles. The molecule has 0 spiro atoms. The zero-order chi connectivity index (χ0) is 13.4. The van der Waals surface area contributed by atoms with Crippen molar-refractivity contribution in [3.63, 3.8) is 0 Å². The predicted octanol–water partition coefficient (Wildman–Crippen LogP) is 3.13. The molecule has 1 aliphatic heterocycles. The Hall–Kier alpha value is -1.27. The van der Waals surface area contributed by atoms with Gasteiger partial charge in [0.1, 0.15) is 4.88 Å². The van der Waals surface area contributed by atoms with E-state index in [1.165, 1.54) is 0 Å². The zero-order valence-electron chi connectivity index (χ0n) is 11.3. The Balaban J connectivity index is 1.89. The standard InChI is InChI=1S/C13H17N3O2S/c1-7(2)13-14-8(3)10(19-13)12-15-11(16-18-12)9-4-5-17-6-9/h7,9H,4-6H2,1-3H3/t9-/m1/s1. The Morgan fingerprint density at radius 1 is 1.32 bits per heavy atom. The Morgan fingerprint density at radius 2 is 2.16 bits per heavy atom. The van der Waals surface area contributed by atoms with Gasteiger partial charge in [-0.15, -0.1) is 11.3 Å². The lowest BCUT2D eigenvalue weighted by molar-refractivity contribution is 0.192. The minimum Gasteiger partial charge on any atom is -0.381 e. The van der Waals surface area contributed by atoms with Gasteiger partial charge >= 0.3 is 0 Å². The zero-order valence-corrected chi connectivity index (χ0v) is 12.2. The summed E-state index contributed by atoms with van der Waals surface area (Å²) in [6.07, 6.45) is 0.970. The number of hydrogen-bond donors (Lipinski definition) is 0. The SMILES string of the molecule is Cc1nc(C(C)C)sc1-c1nc([C@@H]2CCOC2)no1. The van der Waals surface area contributed by atoms with Gasteiger partial charge in [0, 0.05) is 18.4 Å². The second-order valence-electron chi connectivity index (χ2n) is 5.14. The predicted molar refractivity (Wildman–Crippen MR) is 72.4 cm³/mol. The molecule has 2 aromatic rings. The van der Waals surface area contributed by atoms with Crippen LogP contribution in [0.4, 0.5) is 0 Å². The Kier molecular flexibility index (Phi) is 3.36. The van der Waals surface area contributed by atoms with Gasteiger partial charge in [-0.3, -0.25) is 0 Å². The van der Waals surface area contributed by atoms with Crippen molar-refractivity contribution in [2.45, 2.75) is 39.0 Å². The first kappa shape index (κ1) is 12.7. The lowest BCUT2D eigenvalue weighted by Crippen LogP contribution is -1.99. The van der Waals surface area contributed by atoms with Crippen molar-refractivity contribution in [2.75, 3.05) is 13.2 Å². The molecule has 102 valence electrons. The van der Waals surface area contributed by atoms with E-state index in [-0.39, 0.29) is 5.92 Å². The van der Waals surface area contributed by atoms with E-state index in [2.05, 4.69) is 29.0 Å². The summed E-state index contributed by atoms with van der Waals surface area (Å²) in [5.41, 5.74) is 0.964. The Morgan fingerprint density at radius 3 is 2.79 bits per heavy atom. The fraction of sp³-hybridized carbons (Fsp3) is 0.615. The summed E-state index contributed by atoms with van der Waals surface area (Å²) in [5, 5.41) is 5.19. The molecule has 0 aliphatic carbocycles. The van der Waals surface area contributed by atoms with Gasteiger partial charge in [0.2, 0.25) is 0 Å². The van der Waals surface area contributed by atoms with Crippen LogP contribution >= 0.6 is 11.3 Å². The van der Waals surface area contributed by atoms with E-state index in [1.54, 1.807) is 11.3 Å². The molecular weight excluding hydrogens is 262 g/mol. The number of rotatable bonds is 3. The third-order valence-electron chi connectivity index (χ3n) is 3.24. The van der Waals surface area contributed by atoms with Crippen molar-refractivity contribution in [3.8, 4) is 10.8 Å². The van der Waals surface area contributed by atoms with Gasteiger partial charge in [-0.2, -0.15) is 4.98 Å². The number of ether oxygens (including phenoxy) is 1. The van der Waals surface area contributed by atoms with Crippen molar-refractivity contribution in [2.24, 2.45) is 0 Å². The summed E-state index contributed by atoms with van der Waals surface area (Å²) in [6, 6.07) is 0. The van der Waals surface area contributed by atoms with Crippen LogP contribution in [-0.2, 0) is 4.74 Å². The molecule has 0 aromatic carbocycles. The second-order valence-corrected chi connectivity index (χ2v) is 6.17. The molecule has 3 rings (SSSR count). The summed E-state index contributed by atoms with van der Waals surface area (Å²) in [7, 11) is 0. The molecule has 0 saturated carbocycles. The second kappa shape index (κ2) is 5.02. The van der Waals surface area contributed by atoms with Gasteiger partial charge in [0.05, 0.1) is 17.3 Å². The van der Waals surface area contributed by atoms with Crippen molar-refractivity contribution >= 4 is 11.3 Å². The number of nitrogens with zero attached hydrogens (tertiary/aromatic N) is 3. The highest BCUT2D eigenvalue weighted by Crippen LogP contribution is 2.33. The van der Waals surface area contributed by atoms with Crippen molar-refractivity contribution in [1.29, 1.82) is 0 Å². The highest BCUT2D eigenvalue weighted by atomic mass is 32.1. The maximum absolute atomic E-state index is 5.39.